The lowest BCUT2D eigenvalue weighted by atomic mass is 10.0. The second kappa shape index (κ2) is 7.13. The summed E-state index contributed by atoms with van der Waals surface area (Å²) in [6.45, 7) is 1.99. The Balaban J connectivity index is 1.48. The molecule has 0 radical (unpaired) electrons. The highest BCUT2D eigenvalue weighted by Gasteiger charge is 2.34. The highest BCUT2D eigenvalue weighted by atomic mass is 32.1. The smallest absolute Gasteiger partial charge is 0.177 e. The molecule has 6 rings (SSSR count). The number of fused-ring (bicyclic) bond motifs is 2. The van der Waals surface area contributed by atoms with Crippen LogP contribution in [0.25, 0.3) is 43.5 Å². The molecule has 8 nitrogen and oxygen atoms in total. The van der Waals surface area contributed by atoms with Crippen LogP contribution in [0.1, 0.15) is 24.6 Å². The van der Waals surface area contributed by atoms with E-state index in [1.54, 1.807) is 29.9 Å². The largest absolute Gasteiger partial charge is 0.452 e. The third kappa shape index (κ3) is 2.85. The van der Waals surface area contributed by atoms with Gasteiger partial charge < -0.3 is 20.4 Å². The number of aliphatic hydroxyl groups excluding tert-OH is 2. The van der Waals surface area contributed by atoms with Crippen molar-refractivity contribution >= 4 is 38.2 Å². The molecule has 5 aromatic heterocycles. The number of nitrogens with zero attached hydrogens (tertiary/aromatic N) is 4. The summed E-state index contributed by atoms with van der Waals surface area (Å²) >= 11 is 1.62. The van der Waals surface area contributed by atoms with E-state index in [1.165, 1.54) is 0 Å². The van der Waals surface area contributed by atoms with Gasteiger partial charge in [-0.25, -0.2) is 4.98 Å². The van der Waals surface area contributed by atoms with E-state index < -0.39 is 12.2 Å². The van der Waals surface area contributed by atoms with E-state index in [-0.39, 0.29) is 6.04 Å². The highest BCUT2D eigenvalue weighted by molar-refractivity contribution is 7.17. The van der Waals surface area contributed by atoms with Crippen molar-refractivity contribution in [3.63, 3.8) is 0 Å². The molecule has 5 heterocycles. The van der Waals surface area contributed by atoms with Crippen molar-refractivity contribution in [2.45, 2.75) is 38.0 Å². The Morgan fingerprint density at radius 1 is 1.09 bits per heavy atom. The van der Waals surface area contributed by atoms with Crippen molar-refractivity contribution in [1.29, 1.82) is 0 Å². The Morgan fingerprint density at radius 3 is 2.72 bits per heavy atom. The summed E-state index contributed by atoms with van der Waals surface area (Å²) in [7, 11) is 0. The average molecular weight is 448 g/mol. The van der Waals surface area contributed by atoms with Crippen LogP contribution in [0, 0.1) is 6.92 Å². The number of furan rings is 1. The molecule has 2 atom stereocenters. The average Bonchev–Trinajstić information content (AvgIpc) is 3.55. The Bertz CT molecular complexity index is 1460. The van der Waals surface area contributed by atoms with E-state index in [1.807, 2.05) is 29.9 Å². The van der Waals surface area contributed by atoms with Gasteiger partial charge >= 0.3 is 0 Å². The van der Waals surface area contributed by atoms with Gasteiger partial charge in [0, 0.05) is 57.1 Å². The normalized spacial score (nSPS) is 21.2. The first-order chi connectivity index (χ1) is 15.5. The van der Waals surface area contributed by atoms with Gasteiger partial charge in [0.1, 0.15) is 5.76 Å². The van der Waals surface area contributed by atoms with Crippen LogP contribution < -0.4 is 5.73 Å². The van der Waals surface area contributed by atoms with Crippen molar-refractivity contribution < 1.29 is 14.6 Å². The van der Waals surface area contributed by atoms with Crippen molar-refractivity contribution in [2.24, 2.45) is 0 Å². The Labute approximate surface area is 187 Å². The van der Waals surface area contributed by atoms with Crippen LogP contribution in [0.5, 0.6) is 0 Å². The monoisotopic (exact) mass is 447 g/mol. The van der Waals surface area contributed by atoms with Gasteiger partial charge in [-0.15, -0.1) is 11.3 Å². The Hall–Kier alpha value is -3.27. The van der Waals surface area contributed by atoms with E-state index in [4.69, 9.17) is 10.2 Å². The number of aliphatic hydroxyl groups is 2. The Morgan fingerprint density at radius 2 is 1.91 bits per heavy atom. The minimum absolute atomic E-state index is 0.0447. The van der Waals surface area contributed by atoms with E-state index in [9.17, 15) is 10.2 Å². The zero-order valence-corrected chi connectivity index (χ0v) is 18.1. The van der Waals surface area contributed by atoms with E-state index >= 15 is 0 Å². The van der Waals surface area contributed by atoms with Crippen LogP contribution in [0.2, 0.25) is 0 Å². The number of hydrogen-bond donors (Lipinski definition) is 3. The first-order valence-electron chi connectivity index (χ1n) is 10.4. The number of rotatable bonds is 3. The molecule has 0 aliphatic heterocycles. The van der Waals surface area contributed by atoms with Crippen molar-refractivity contribution in [1.82, 2.24) is 19.7 Å². The van der Waals surface area contributed by atoms with Crippen molar-refractivity contribution in [3.05, 3.63) is 48.0 Å². The molecule has 1 saturated carbocycles. The molecule has 0 amide bonds. The molecule has 1 fully saturated rings. The van der Waals surface area contributed by atoms with E-state index in [2.05, 4.69) is 20.4 Å². The maximum atomic E-state index is 9.95. The summed E-state index contributed by atoms with van der Waals surface area (Å²) in [5.41, 5.74) is 10.5. The molecule has 4 N–H and O–H groups in total. The minimum Gasteiger partial charge on any atom is -0.452 e. The van der Waals surface area contributed by atoms with Gasteiger partial charge in [-0.3, -0.25) is 9.67 Å². The molecule has 162 valence electrons. The number of anilines is 1. The maximum Gasteiger partial charge on any atom is 0.177 e. The number of nitrogens with two attached hydrogens (primary N) is 1. The molecule has 0 spiro atoms. The summed E-state index contributed by atoms with van der Waals surface area (Å²) < 4.78 is 9.17. The fourth-order valence-corrected chi connectivity index (χ4v) is 5.60. The quantitative estimate of drug-likeness (QED) is 0.383. The molecule has 0 bridgehead atoms. The number of pyridine rings is 2. The molecular weight excluding hydrogens is 426 g/mol. The SMILES string of the molecule is Cc1c(-c2cnc(N)c3oc(-c4csc5cnccc45)cc23)cnn1C1CC(O)C(O)C1. The van der Waals surface area contributed by atoms with Crippen LogP contribution in [0.4, 0.5) is 5.82 Å². The fourth-order valence-electron chi connectivity index (χ4n) is 4.69. The lowest BCUT2D eigenvalue weighted by Crippen LogP contribution is -2.17. The zero-order chi connectivity index (χ0) is 22.0. The van der Waals surface area contributed by atoms with Gasteiger partial charge in [0.05, 0.1) is 29.1 Å². The number of hydrogen-bond acceptors (Lipinski definition) is 8. The third-order valence-corrected chi connectivity index (χ3v) is 7.32. The van der Waals surface area contributed by atoms with Gasteiger partial charge in [-0.2, -0.15) is 5.10 Å². The summed E-state index contributed by atoms with van der Waals surface area (Å²) in [6.07, 6.45) is 6.70. The van der Waals surface area contributed by atoms with Gasteiger partial charge in [0.25, 0.3) is 0 Å². The van der Waals surface area contributed by atoms with Gasteiger partial charge in [0.15, 0.2) is 11.4 Å². The van der Waals surface area contributed by atoms with Crippen LogP contribution in [-0.4, -0.2) is 42.2 Å². The first-order valence-corrected chi connectivity index (χ1v) is 11.3. The Kier molecular flexibility index (Phi) is 4.32. The molecular formula is C23H21N5O3S. The van der Waals surface area contributed by atoms with Crippen LogP contribution >= 0.6 is 11.3 Å². The molecule has 1 aliphatic rings. The maximum absolute atomic E-state index is 9.95. The van der Waals surface area contributed by atoms with Crippen LogP contribution in [0.3, 0.4) is 0 Å². The van der Waals surface area contributed by atoms with Crippen LogP contribution in [0.15, 0.2) is 46.7 Å². The predicted molar refractivity (Wildman–Crippen MR) is 123 cm³/mol. The summed E-state index contributed by atoms with van der Waals surface area (Å²) in [4.78, 5) is 8.57. The first kappa shape index (κ1) is 19.4. The predicted octanol–water partition coefficient (Wildman–Crippen LogP) is 3.92. The van der Waals surface area contributed by atoms with Gasteiger partial charge in [-0.05, 0) is 31.9 Å². The number of nitrogen functional groups attached to an aromatic ring is 1. The molecule has 0 aromatic carbocycles. The van der Waals surface area contributed by atoms with E-state index in [0.717, 1.165) is 43.6 Å². The highest BCUT2D eigenvalue weighted by Crippen LogP contribution is 2.41. The van der Waals surface area contributed by atoms with Gasteiger partial charge in [-0.1, -0.05) is 0 Å². The number of aromatic nitrogens is 4. The van der Waals surface area contributed by atoms with Crippen molar-refractivity contribution in [2.75, 3.05) is 5.73 Å². The topological polar surface area (TPSA) is 123 Å². The molecule has 2 unspecified atom stereocenters. The molecule has 32 heavy (non-hydrogen) atoms. The molecule has 1 aliphatic carbocycles. The second-order valence-corrected chi connectivity index (χ2v) is 9.19. The third-order valence-electron chi connectivity index (χ3n) is 6.38. The zero-order valence-electron chi connectivity index (χ0n) is 17.3. The number of thiophene rings is 1. The summed E-state index contributed by atoms with van der Waals surface area (Å²) in [6, 6.07) is 3.94. The standard InChI is InChI=1S/C23H21N5O3S/c1-11-15(8-27-28(11)12-4-18(29)19(30)5-12)16-7-26-23(24)22-14(16)6-20(31-22)17-10-32-21-9-25-3-2-13(17)21/h2-3,6-10,12,18-19,29-30H,4-5H2,1H3,(H2,24,26). The molecule has 9 heteroatoms. The fraction of sp³-hybridized carbons (Fsp3) is 0.261. The summed E-state index contributed by atoms with van der Waals surface area (Å²) in [5.74, 6) is 1.06. The molecule has 0 saturated heterocycles. The van der Waals surface area contributed by atoms with E-state index in [0.29, 0.717) is 24.2 Å². The summed E-state index contributed by atoms with van der Waals surface area (Å²) in [5, 5.41) is 28.5. The lowest BCUT2D eigenvalue weighted by molar-refractivity contribution is 0.0438. The van der Waals surface area contributed by atoms with Crippen LogP contribution in [-0.2, 0) is 0 Å². The lowest BCUT2D eigenvalue weighted by Gasteiger charge is -2.13. The van der Waals surface area contributed by atoms with Crippen molar-refractivity contribution in [3.8, 4) is 22.5 Å². The second-order valence-electron chi connectivity index (χ2n) is 8.28. The minimum atomic E-state index is -0.719. The van der Waals surface area contributed by atoms with Gasteiger partial charge in [0.2, 0.25) is 0 Å². The molecule has 5 aromatic rings.